The summed E-state index contributed by atoms with van der Waals surface area (Å²) in [5.74, 6) is -1.65. The van der Waals surface area contributed by atoms with Crippen LogP contribution in [0.2, 0.25) is 5.02 Å². The molecule has 0 radical (unpaired) electrons. The number of hydrogen-bond donors (Lipinski definition) is 3. The fourth-order valence-corrected chi connectivity index (χ4v) is 2.15. The Morgan fingerprint density at radius 2 is 2.00 bits per heavy atom. The van der Waals surface area contributed by atoms with Crippen LogP contribution in [0.5, 0.6) is 0 Å². The molecule has 0 aliphatic rings. The van der Waals surface area contributed by atoms with Gasteiger partial charge in [-0.2, -0.15) is 0 Å². The number of hydrogen-bond acceptors (Lipinski definition) is 3. The van der Waals surface area contributed by atoms with Gasteiger partial charge in [0, 0.05) is 22.8 Å². The van der Waals surface area contributed by atoms with E-state index in [1.54, 1.807) is 0 Å². The van der Waals surface area contributed by atoms with Crippen molar-refractivity contribution in [2.75, 3.05) is 12.3 Å². The third kappa shape index (κ3) is 5.09. The van der Waals surface area contributed by atoms with Crippen molar-refractivity contribution in [2.24, 2.45) is 11.8 Å². The van der Waals surface area contributed by atoms with Gasteiger partial charge in [-0.15, -0.1) is 0 Å². The second-order valence-corrected chi connectivity index (χ2v) is 5.58. The van der Waals surface area contributed by atoms with Crippen LogP contribution >= 0.6 is 11.6 Å². The number of carboxylic acids is 1. The largest absolute Gasteiger partial charge is 0.481 e. The first-order valence-corrected chi connectivity index (χ1v) is 6.74. The summed E-state index contributed by atoms with van der Waals surface area (Å²) in [5.41, 5.74) is 6.32. The molecular formula is C14H19ClN2O3. The maximum absolute atomic E-state index is 11.9. The van der Waals surface area contributed by atoms with E-state index in [1.165, 1.54) is 18.2 Å². The van der Waals surface area contributed by atoms with Gasteiger partial charge in [-0.25, -0.2) is 0 Å². The molecular weight excluding hydrogens is 280 g/mol. The number of carbonyl (C=O) groups is 2. The molecule has 1 rings (SSSR count). The summed E-state index contributed by atoms with van der Waals surface area (Å²) in [6.07, 6.45) is 0.507. The Morgan fingerprint density at radius 3 is 2.50 bits per heavy atom. The molecule has 0 heterocycles. The van der Waals surface area contributed by atoms with E-state index >= 15 is 0 Å². The quantitative estimate of drug-likeness (QED) is 0.703. The van der Waals surface area contributed by atoms with Crippen molar-refractivity contribution in [1.29, 1.82) is 0 Å². The average molecular weight is 299 g/mol. The van der Waals surface area contributed by atoms with Crippen molar-refractivity contribution in [3.8, 4) is 0 Å². The lowest BCUT2D eigenvalue weighted by Gasteiger charge is -2.15. The third-order valence-corrected chi connectivity index (χ3v) is 3.01. The number of halogens is 1. The molecule has 0 saturated heterocycles. The summed E-state index contributed by atoms with van der Waals surface area (Å²) in [5, 5.41) is 12.1. The number of nitrogens with two attached hydrogens (primary N) is 1. The van der Waals surface area contributed by atoms with Gasteiger partial charge < -0.3 is 16.2 Å². The number of nitrogen functional groups attached to an aromatic ring is 1. The summed E-state index contributed by atoms with van der Waals surface area (Å²) in [6.45, 7) is 3.96. The van der Waals surface area contributed by atoms with Crippen molar-refractivity contribution >= 4 is 29.2 Å². The van der Waals surface area contributed by atoms with Crippen LogP contribution in [0.4, 0.5) is 5.69 Å². The lowest BCUT2D eigenvalue weighted by molar-refractivity contribution is -0.142. The van der Waals surface area contributed by atoms with Crippen LogP contribution in [-0.2, 0) is 4.79 Å². The molecule has 1 unspecified atom stereocenters. The molecule has 1 aromatic rings. The maximum atomic E-state index is 11.9. The summed E-state index contributed by atoms with van der Waals surface area (Å²) >= 11 is 5.82. The monoisotopic (exact) mass is 298 g/mol. The van der Waals surface area contributed by atoms with Crippen LogP contribution in [0.3, 0.4) is 0 Å². The second-order valence-electron chi connectivity index (χ2n) is 5.15. The van der Waals surface area contributed by atoms with Crippen molar-refractivity contribution in [1.82, 2.24) is 5.32 Å². The predicted octanol–water partition coefficient (Wildman–Crippen LogP) is 2.40. The molecule has 1 atom stereocenters. The van der Waals surface area contributed by atoms with Crippen LogP contribution in [0, 0.1) is 11.8 Å². The SMILES string of the molecule is CC(C)CC(CNC(=O)c1cc(N)cc(Cl)c1)C(=O)O. The minimum Gasteiger partial charge on any atom is -0.481 e. The number of carbonyl (C=O) groups excluding carboxylic acids is 1. The molecule has 0 bridgehead atoms. The van der Waals surface area contributed by atoms with E-state index in [0.717, 1.165) is 0 Å². The molecule has 4 N–H and O–H groups in total. The van der Waals surface area contributed by atoms with Crippen molar-refractivity contribution in [3.63, 3.8) is 0 Å². The lowest BCUT2D eigenvalue weighted by atomic mass is 9.97. The van der Waals surface area contributed by atoms with Gasteiger partial charge in [-0.1, -0.05) is 25.4 Å². The zero-order chi connectivity index (χ0) is 15.3. The Balaban J connectivity index is 2.67. The van der Waals surface area contributed by atoms with E-state index in [0.29, 0.717) is 22.7 Å². The zero-order valence-electron chi connectivity index (χ0n) is 11.5. The summed E-state index contributed by atoms with van der Waals surface area (Å²) < 4.78 is 0. The second kappa shape index (κ2) is 7.14. The van der Waals surface area contributed by atoms with Crippen molar-refractivity contribution in [2.45, 2.75) is 20.3 Å². The number of amides is 1. The summed E-state index contributed by atoms with van der Waals surface area (Å²) in [6, 6.07) is 4.53. The first-order valence-electron chi connectivity index (χ1n) is 6.36. The molecule has 0 saturated carbocycles. The number of nitrogens with one attached hydrogen (secondary N) is 1. The van der Waals surface area contributed by atoms with Gasteiger partial charge in [0.25, 0.3) is 5.91 Å². The highest BCUT2D eigenvalue weighted by atomic mass is 35.5. The molecule has 20 heavy (non-hydrogen) atoms. The molecule has 1 aromatic carbocycles. The van der Waals surface area contributed by atoms with Crippen LogP contribution in [0.15, 0.2) is 18.2 Å². The first kappa shape index (κ1) is 16.3. The number of aliphatic carboxylic acids is 1. The Bertz CT molecular complexity index is 483. The number of rotatable bonds is 6. The van der Waals surface area contributed by atoms with E-state index in [9.17, 15) is 9.59 Å². The Kier molecular flexibility index (Phi) is 5.82. The highest BCUT2D eigenvalue weighted by molar-refractivity contribution is 6.31. The molecule has 1 amide bonds. The van der Waals surface area contributed by atoms with E-state index in [4.69, 9.17) is 22.4 Å². The predicted molar refractivity (Wildman–Crippen MR) is 78.8 cm³/mol. The lowest BCUT2D eigenvalue weighted by Crippen LogP contribution is -2.33. The van der Waals surface area contributed by atoms with Gasteiger partial charge in [0.15, 0.2) is 0 Å². The smallest absolute Gasteiger partial charge is 0.308 e. The van der Waals surface area contributed by atoms with Gasteiger partial charge in [-0.3, -0.25) is 9.59 Å². The third-order valence-electron chi connectivity index (χ3n) is 2.80. The number of benzene rings is 1. The highest BCUT2D eigenvalue weighted by Crippen LogP contribution is 2.17. The fourth-order valence-electron chi connectivity index (χ4n) is 1.90. The van der Waals surface area contributed by atoms with Gasteiger partial charge in [0.1, 0.15) is 0 Å². The molecule has 6 heteroatoms. The zero-order valence-corrected chi connectivity index (χ0v) is 12.3. The van der Waals surface area contributed by atoms with Crippen LogP contribution < -0.4 is 11.1 Å². The van der Waals surface area contributed by atoms with Gasteiger partial charge in [0.05, 0.1) is 5.92 Å². The number of anilines is 1. The summed E-state index contributed by atoms with van der Waals surface area (Å²) in [7, 11) is 0. The van der Waals surface area contributed by atoms with E-state index < -0.39 is 11.9 Å². The molecule has 110 valence electrons. The van der Waals surface area contributed by atoms with E-state index in [1.807, 2.05) is 13.8 Å². The Morgan fingerprint density at radius 1 is 1.35 bits per heavy atom. The molecule has 0 aliphatic carbocycles. The molecule has 0 fully saturated rings. The molecule has 5 nitrogen and oxygen atoms in total. The molecule has 0 aliphatic heterocycles. The van der Waals surface area contributed by atoms with Crippen molar-refractivity contribution < 1.29 is 14.7 Å². The van der Waals surface area contributed by atoms with E-state index in [2.05, 4.69) is 5.32 Å². The standard InChI is InChI=1S/C14H19ClN2O3/c1-8(2)3-10(14(19)20)7-17-13(18)9-4-11(15)6-12(16)5-9/h4-6,8,10H,3,7,16H2,1-2H3,(H,17,18)(H,19,20). The number of carboxylic acid groups (broad SMARTS) is 1. The highest BCUT2D eigenvalue weighted by Gasteiger charge is 2.20. The van der Waals surface area contributed by atoms with Gasteiger partial charge in [0.2, 0.25) is 0 Å². The van der Waals surface area contributed by atoms with Crippen LogP contribution in [0.25, 0.3) is 0 Å². The maximum Gasteiger partial charge on any atom is 0.308 e. The van der Waals surface area contributed by atoms with Crippen LogP contribution in [0.1, 0.15) is 30.6 Å². The summed E-state index contributed by atoms with van der Waals surface area (Å²) in [4.78, 5) is 23.0. The van der Waals surface area contributed by atoms with Crippen molar-refractivity contribution in [3.05, 3.63) is 28.8 Å². The molecule has 0 spiro atoms. The molecule has 0 aromatic heterocycles. The topological polar surface area (TPSA) is 92.4 Å². The Hall–Kier alpha value is -1.75. The first-order chi connectivity index (χ1) is 9.29. The fraction of sp³-hybridized carbons (Fsp3) is 0.429. The minimum absolute atomic E-state index is 0.0821. The van der Waals surface area contributed by atoms with Gasteiger partial charge >= 0.3 is 5.97 Å². The van der Waals surface area contributed by atoms with E-state index in [-0.39, 0.29) is 18.4 Å². The normalized spacial score (nSPS) is 12.2. The van der Waals surface area contributed by atoms with Gasteiger partial charge in [-0.05, 0) is 30.5 Å². The van der Waals surface area contributed by atoms with Crippen LogP contribution in [-0.4, -0.2) is 23.5 Å². The minimum atomic E-state index is -0.912. The Labute approximate surface area is 123 Å². The average Bonchev–Trinajstić information content (AvgIpc) is 2.32.